The first-order valence-electron chi connectivity index (χ1n) is 9.77. The molecular formula is C22H26N4O3S. The number of nitrogens with two attached hydrogens (primary N) is 2. The van der Waals surface area contributed by atoms with Crippen LogP contribution >= 0.6 is 11.8 Å². The molecule has 0 bridgehead atoms. The Morgan fingerprint density at radius 2 is 1.93 bits per heavy atom. The monoisotopic (exact) mass is 426 g/mol. The lowest BCUT2D eigenvalue weighted by atomic mass is 9.99. The average Bonchev–Trinajstić information content (AvgIpc) is 3.07. The summed E-state index contributed by atoms with van der Waals surface area (Å²) >= 11 is 1.48. The quantitative estimate of drug-likeness (QED) is 0.437. The number of benzene rings is 2. The van der Waals surface area contributed by atoms with Crippen molar-refractivity contribution in [3.05, 3.63) is 54.1 Å². The van der Waals surface area contributed by atoms with Crippen molar-refractivity contribution >= 4 is 34.7 Å². The summed E-state index contributed by atoms with van der Waals surface area (Å²) in [5, 5.41) is 3.78. The van der Waals surface area contributed by atoms with Crippen LogP contribution < -0.4 is 21.5 Å². The zero-order valence-corrected chi connectivity index (χ0v) is 17.8. The fourth-order valence-corrected chi connectivity index (χ4v) is 4.01. The number of H-pyrrole nitrogens is 1. The minimum atomic E-state index is -0.886. The van der Waals surface area contributed by atoms with Crippen molar-refractivity contribution in [1.29, 1.82) is 0 Å². The molecule has 0 aliphatic rings. The molecule has 0 saturated heterocycles. The fourth-order valence-electron chi connectivity index (χ4n) is 3.00. The maximum atomic E-state index is 12.2. The zero-order valence-electron chi connectivity index (χ0n) is 17.0. The van der Waals surface area contributed by atoms with Crippen LogP contribution in [0, 0.1) is 5.92 Å². The fraction of sp³-hybridized carbons (Fsp3) is 0.273. The number of rotatable bonds is 8. The van der Waals surface area contributed by atoms with Gasteiger partial charge in [-0.1, -0.05) is 62.4 Å². The molecule has 1 aromatic heterocycles. The molecule has 7 nitrogen and oxygen atoms in total. The van der Waals surface area contributed by atoms with Gasteiger partial charge < -0.3 is 26.5 Å². The minimum Gasteiger partial charge on any atom is -0.392 e. The third kappa shape index (κ3) is 5.14. The van der Waals surface area contributed by atoms with Gasteiger partial charge in [-0.2, -0.15) is 0 Å². The second kappa shape index (κ2) is 9.69. The van der Waals surface area contributed by atoms with Crippen LogP contribution in [0.2, 0.25) is 0 Å². The van der Waals surface area contributed by atoms with Gasteiger partial charge in [0.1, 0.15) is 0 Å². The van der Waals surface area contributed by atoms with E-state index in [-0.39, 0.29) is 11.8 Å². The van der Waals surface area contributed by atoms with E-state index in [0.717, 1.165) is 32.7 Å². The lowest BCUT2D eigenvalue weighted by molar-refractivity contribution is -0.123. The van der Waals surface area contributed by atoms with E-state index in [4.69, 9.17) is 16.2 Å². The van der Waals surface area contributed by atoms with Crippen molar-refractivity contribution < 1.29 is 14.3 Å². The summed E-state index contributed by atoms with van der Waals surface area (Å²) in [7, 11) is 0. The number of carbonyl (C=O) groups excluding carboxylic acids is 2. The van der Waals surface area contributed by atoms with Gasteiger partial charge in [-0.3, -0.25) is 4.79 Å². The van der Waals surface area contributed by atoms with E-state index >= 15 is 0 Å². The number of primary amides is 1. The number of nitrogens with one attached hydrogen (secondary N) is 2. The smallest absolute Gasteiger partial charge is 0.392 e. The first-order chi connectivity index (χ1) is 14.4. The number of aromatic nitrogens is 1. The van der Waals surface area contributed by atoms with Gasteiger partial charge in [0.15, 0.2) is 0 Å². The Balaban J connectivity index is 1.83. The molecular weight excluding hydrogens is 400 g/mol. The topological polar surface area (TPSA) is 123 Å². The summed E-state index contributed by atoms with van der Waals surface area (Å²) in [6.45, 7) is 4.32. The Bertz CT molecular complexity index is 1040. The first-order valence-corrected chi connectivity index (χ1v) is 10.6. The van der Waals surface area contributed by atoms with Crippen LogP contribution in [0.3, 0.4) is 0 Å². The Hall–Kier alpha value is -2.97. The normalized spacial score (nSPS) is 13.0. The third-order valence-electron chi connectivity index (χ3n) is 4.98. The van der Waals surface area contributed by atoms with Crippen molar-refractivity contribution in [1.82, 2.24) is 10.3 Å². The maximum Gasteiger partial charge on any atom is 0.411 e. The van der Waals surface area contributed by atoms with Gasteiger partial charge in [0.25, 0.3) is 0 Å². The van der Waals surface area contributed by atoms with Gasteiger partial charge in [-0.25, -0.2) is 4.79 Å². The Kier molecular flexibility index (Phi) is 7.02. The molecule has 8 heteroatoms. The van der Waals surface area contributed by atoms with E-state index < -0.39 is 12.1 Å². The molecule has 0 saturated carbocycles. The van der Waals surface area contributed by atoms with E-state index in [2.05, 4.69) is 10.3 Å². The molecule has 0 spiro atoms. The lowest BCUT2D eigenvalue weighted by Gasteiger charge is -2.17. The molecule has 30 heavy (non-hydrogen) atoms. The molecule has 158 valence electrons. The van der Waals surface area contributed by atoms with Crippen molar-refractivity contribution in [3.8, 4) is 5.88 Å². The number of ether oxygens (including phenoxy) is 1. The SMILES string of the molecule is CCC(C)C(N)C(=O)NCc1ccc2c(Sc3ccccc3)c(OC(N)=O)[nH]c2c1. The maximum absolute atomic E-state index is 12.2. The molecule has 3 aromatic rings. The molecule has 2 aromatic carbocycles. The summed E-state index contributed by atoms with van der Waals surface area (Å²) in [5.74, 6) is 0.238. The molecule has 3 rings (SSSR count). The number of fused-ring (bicyclic) bond motifs is 1. The van der Waals surface area contributed by atoms with E-state index in [0.29, 0.717) is 12.4 Å². The molecule has 2 unspecified atom stereocenters. The van der Waals surface area contributed by atoms with E-state index in [1.165, 1.54) is 11.8 Å². The highest BCUT2D eigenvalue weighted by atomic mass is 32.2. The van der Waals surface area contributed by atoms with Gasteiger partial charge in [-0.05, 0) is 29.7 Å². The summed E-state index contributed by atoms with van der Waals surface area (Å²) in [5.41, 5.74) is 12.9. The standard InChI is InChI=1S/C22H26N4O3S/c1-3-13(2)18(23)20(27)25-12-14-9-10-16-17(11-14)26-21(29-22(24)28)19(16)30-15-7-5-4-6-8-15/h4-11,13,18,26H,3,12,23H2,1-2H3,(H2,24,28)(H,25,27). The van der Waals surface area contributed by atoms with Gasteiger partial charge >= 0.3 is 6.09 Å². The predicted octanol–water partition coefficient (Wildman–Crippen LogP) is 3.77. The molecule has 1 heterocycles. The van der Waals surface area contributed by atoms with Crippen LogP contribution in [0.1, 0.15) is 25.8 Å². The lowest BCUT2D eigenvalue weighted by Crippen LogP contribution is -2.44. The molecule has 6 N–H and O–H groups in total. The van der Waals surface area contributed by atoms with Crippen molar-refractivity contribution in [2.75, 3.05) is 0 Å². The average molecular weight is 427 g/mol. The highest BCUT2D eigenvalue weighted by molar-refractivity contribution is 7.99. The van der Waals surface area contributed by atoms with Gasteiger partial charge in [0.2, 0.25) is 11.8 Å². The minimum absolute atomic E-state index is 0.113. The largest absolute Gasteiger partial charge is 0.411 e. The van der Waals surface area contributed by atoms with Crippen LogP contribution in [0.15, 0.2) is 58.3 Å². The van der Waals surface area contributed by atoms with Gasteiger partial charge in [-0.15, -0.1) is 0 Å². The highest BCUT2D eigenvalue weighted by Gasteiger charge is 2.20. The molecule has 0 aliphatic carbocycles. The van der Waals surface area contributed by atoms with Crippen LogP contribution in [0.4, 0.5) is 4.79 Å². The summed E-state index contributed by atoms with van der Waals surface area (Å²) in [4.78, 5) is 28.5. The second-order valence-corrected chi connectivity index (χ2v) is 8.21. The third-order valence-corrected chi connectivity index (χ3v) is 6.09. The van der Waals surface area contributed by atoms with Crippen LogP contribution in [-0.4, -0.2) is 23.0 Å². The van der Waals surface area contributed by atoms with Crippen LogP contribution in [-0.2, 0) is 11.3 Å². The molecule has 2 atom stereocenters. The highest BCUT2D eigenvalue weighted by Crippen LogP contribution is 2.40. The Morgan fingerprint density at radius 1 is 1.20 bits per heavy atom. The number of amides is 2. The van der Waals surface area contributed by atoms with Crippen molar-refractivity contribution in [2.45, 2.75) is 42.6 Å². The first kappa shape index (κ1) is 21.7. The number of carbonyl (C=O) groups is 2. The Morgan fingerprint density at radius 3 is 2.60 bits per heavy atom. The summed E-state index contributed by atoms with van der Waals surface area (Å²) in [6, 6.07) is 15.0. The van der Waals surface area contributed by atoms with Gasteiger partial charge in [0.05, 0.1) is 10.9 Å². The van der Waals surface area contributed by atoms with E-state index in [1.807, 2.05) is 62.4 Å². The zero-order chi connectivity index (χ0) is 21.7. The van der Waals surface area contributed by atoms with Crippen molar-refractivity contribution in [2.24, 2.45) is 17.4 Å². The number of aromatic amines is 1. The number of hydrogen-bond donors (Lipinski definition) is 4. The number of hydrogen-bond acceptors (Lipinski definition) is 5. The van der Waals surface area contributed by atoms with E-state index in [9.17, 15) is 9.59 Å². The van der Waals surface area contributed by atoms with Crippen LogP contribution in [0.5, 0.6) is 5.88 Å². The molecule has 0 radical (unpaired) electrons. The predicted molar refractivity (Wildman–Crippen MR) is 118 cm³/mol. The van der Waals surface area contributed by atoms with Crippen LogP contribution in [0.25, 0.3) is 10.9 Å². The molecule has 0 aliphatic heterocycles. The summed E-state index contributed by atoms with van der Waals surface area (Å²) < 4.78 is 5.19. The van der Waals surface area contributed by atoms with E-state index in [1.54, 1.807) is 0 Å². The van der Waals surface area contributed by atoms with Crippen molar-refractivity contribution in [3.63, 3.8) is 0 Å². The van der Waals surface area contributed by atoms with Gasteiger partial charge in [0, 0.05) is 22.3 Å². The Labute approximate surface area is 179 Å². The second-order valence-electron chi connectivity index (χ2n) is 7.13. The summed E-state index contributed by atoms with van der Waals surface area (Å²) in [6.07, 6.45) is -0.0453. The molecule has 0 fully saturated rings. The molecule has 2 amide bonds.